The molecule has 0 radical (unpaired) electrons. The number of nitrogens with one attached hydrogen (secondary N) is 1. The number of hydrogen-bond acceptors (Lipinski definition) is 4. The molecule has 0 aliphatic carbocycles. The van der Waals surface area contributed by atoms with Crippen molar-refractivity contribution < 1.29 is 9.59 Å². The molecule has 1 saturated heterocycles. The maximum absolute atomic E-state index is 12.6. The van der Waals surface area contributed by atoms with Gasteiger partial charge in [0.2, 0.25) is 5.91 Å². The Morgan fingerprint density at radius 3 is 2.43 bits per heavy atom. The van der Waals surface area contributed by atoms with E-state index in [0.717, 1.165) is 43.0 Å². The average Bonchev–Trinajstić information content (AvgIpc) is 3.27. The predicted molar refractivity (Wildman–Crippen MR) is 117 cm³/mol. The van der Waals surface area contributed by atoms with E-state index < -0.39 is 0 Å². The minimum absolute atomic E-state index is 0.0681. The summed E-state index contributed by atoms with van der Waals surface area (Å²) in [4.78, 5) is 28.9. The van der Waals surface area contributed by atoms with E-state index in [1.807, 2.05) is 47.4 Å². The fourth-order valence-corrected chi connectivity index (χ4v) is 4.88. The summed E-state index contributed by atoms with van der Waals surface area (Å²) in [5.41, 5.74) is 0.650. The molecular formula is C22H26N2O2S2. The van der Waals surface area contributed by atoms with Crippen molar-refractivity contribution in [3.05, 3.63) is 60.2 Å². The quantitative estimate of drug-likeness (QED) is 0.491. The fraction of sp³-hybridized carbons (Fsp3) is 0.364. The van der Waals surface area contributed by atoms with Gasteiger partial charge in [-0.1, -0.05) is 30.3 Å². The average molecular weight is 415 g/mol. The monoisotopic (exact) mass is 414 g/mol. The number of benzene rings is 2. The van der Waals surface area contributed by atoms with Gasteiger partial charge in [0.1, 0.15) is 0 Å². The second-order valence-electron chi connectivity index (χ2n) is 6.64. The molecule has 1 aliphatic rings. The van der Waals surface area contributed by atoms with Crippen LogP contribution in [0.5, 0.6) is 0 Å². The molecule has 6 heteroatoms. The van der Waals surface area contributed by atoms with Crippen molar-refractivity contribution in [2.24, 2.45) is 0 Å². The van der Waals surface area contributed by atoms with Crippen molar-refractivity contribution in [3.63, 3.8) is 0 Å². The smallest absolute Gasteiger partial charge is 0.252 e. The van der Waals surface area contributed by atoms with Crippen molar-refractivity contribution in [3.8, 4) is 0 Å². The third kappa shape index (κ3) is 6.31. The van der Waals surface area contributed by atoms with E-state index in [4.69, 9.17) is 0 Å². The standard InChI is InChI=1S/C22H26N2O2S2/c25-21(24-14-6-7-15-24)17-28-20-12-5-4-11-19(20)22(26)23-13-8-16-27-18-9-2-1-3-10-18/h1-5,9-12H,6-8,13-17H2,(H,23,26). The van der Waals surface area contributed by atoms with Crippen LogP contribution in [0.1, 0.15) is 29.6 Å². The highest BCUT2D eigenvalue weighted by molar-refractivity contribution is 8.00. The van der Waals surface area contributed by atoms with Crippen molar-refractivity contribution >= 4 is 35.3 Å². The molecule has 2 amide bonds. The molecule has 0 spiro atoms. The van der Waals surface area contributed by atoms with Gasteiger partial charge in [0, 0.05) is 29.4 Å². The zero-order valence-corrected chi connectivity index (χ0v) is 17.6. The Kier molecular flexibility index (Phi) is 8.30. The number of rotatable bonds is 9. The van der Waals surface area contributed by atoms with Crippen LogP contribution in [0.4, 0.5) is 0 Å². The molecule has 0 unspecified atom stereocenters. The van der Waals surface area contributed by atoms with Crippen LogP contribution in [-0.2, 0) is 4.79 Å². The van der Waals surface area contributed by atoms with Gasteiger partial charge in [-0.25, -0.2) is 0 Å². The number of thioether (sulfide) groups is 2. The van der Waals surface area contributed by atoms with E-state index in [1.54, 1.807) is 11.8 Å². The van der Waals surface area contributed by atoms with Crippen LogP contribution in [0, 0.1) is 0 Å². The molecule has 0 aromatic heterocycles. The van der Waals surface area contributed by atoms with E-state index in [-0.39, 0.29) is 11.8 Å². The minimum atomic E-state index is -0.0681. The normalized spacial score (nSPS) is 13.5. The van der Waals surface area contributed by atoms with Crippen LogP contribution < -0.4 is 5.32 Å². The van der Waals surface area contributed by atoms with Gasteiger partial charge < -0.3 is 10.2 Å². The van der Waals surface area contributed by atoms with E-state index in [1.165, 1.54) is 16.7 Å². The van der Waals surface area contributed by atoms with Gasteiger partial charge in [0.05, 0.1) is 11.3 Å². The lowest BCUT2D eigenvalue weighted by Gasteiger charge is -2.15. The third-order valence-corrected chi connectivity index (χ3v) is 6.72. The van der Waals surface area contributed by atoms with E-state index in [0.29, 0.717) is 17.9 Å². The zero-order chi connectivity index (χ0) is 19.6. The summed E-state index contributed by atoms with van der Waals surface area (Å²) in [5.74, 6) is 1.44. The minimum Gasteiger partial charge on any atom is -0.352 e. The summed E-state index contributed by atoms with van der Waals surface area (Å²) in [5, 5.41) is 3.01. The second-order valence-corrected chi connectivity index (χ2v) is 8.83. The number of likely N-dealkylation sites (tertiary alicyclic amines) is 1. The third-order valence-electron chi connectivity index (χ3n) is 4.56. The lowest BCUT2D eigenvalue weighted by atomic mass is 10.2. The molecular weight excluding hydrogens is 388 g/mol. The maximum atomic E-state index is 12.6. The summed E-state index contributed by atoms with van der Waals surface area (Å²) in [7, 11) is 0. The molecule has 1 fully saturated rings. The summed E-state index contributed by atoms with van der Waals surface area (Å²) in [6.07, 6.45) is 3.10. The Hall–Kier alpha value is -1.92. The summed E-state index contributed by atoms with van der Waals surface area (Å²) >= 11 is 3.25. The zero-order valence-electron chi connectivity index (χ0n) is 15.9. The Labute approximate surface area is 175 Å². The highest BCUT2D eigenvalue weighted by Crippen LogP contribution is 2.24. The van der Waals surface area contributed by atoms with Crippen molar-refractivity contribution in [2.45, 2.75) is 29.1 Å². The maximum Gasteiger partial charge on any atom is 0.252 e. The van der Waals surface area contributed by atoms with Gasteiger partial charge in [-0.3, -0.25) is 9.59 Å². The molecule has 3 rings (SSSR count). The van der Waals surface area contributed by atoms with Gasteiger partial charge in [0.15, 0.2) is 0 Å². The predicted octanol–water partition coefficient (Wildman–Crippen LogP) is 4.31. The van der Waals surface area contributed by atoms with Crippen LogP contribution in [0.15, 0.2) is 64.4 Å². The van der Waals surface area contributed by atoms with E-state index in [9.17, 15) is 9.59 Å². The molecule has 1 aliphatic heterocycles. The molecule has 4 nitrogen and oxygen atoms in total. The summed E-state index contributed by atoms with van der Waals surface area (Å²) in [6, 6.07) is 17.8. The largest absolute Gasteiger partial charge is 0.352 e. The first-order valence-corrected chi connectivity index (χ1v) is 11.7. The molecule has 0 saturated carbocycles. The first-order valence-electron chi connectivity index (χ1n) is 9.70. The second kappa shape index (κ2) is 11.2. The van der Waals surface area contributed by atoms with Gasteiger partial charge in [-0.2, -0.15) is 0 Å². The number of hydrogen-bond donors (Lipinski definition) is 1. The Morgan fingerprint density at radius 2 is 1.64 bits per heavy atom. The number of amides is 2. The lowest BCUT2D eigenvalue weighted by Crippen LogP contribution is -2.29. The first kappa shape index (κ1) is 20.8. The highest BCUT2D eigenvalue weighted by Gasteiger charge is 2.19. The molecule has 28 heavy (non-hydrogen) atoms. The van der Waals surface area contributed by atoms with Crippen molar-refractivity contribution in [1.29, 1.82) is 0 Å². The van der Waals surface area contributed by atoms with Crippen LogP contribution in [0.25, 0.3) is 0 Å². The Bertz CT molecular complexity index is 777. The number of carbonyl (C=O) groups excluding carboxylic acids is 2. The molecule has 2 aromatic carbocycles. The van der Waals surface area contributed by atoms with E-state index in [2.05, 4.69) is 17.4 Å². The highest BCUT2D eigenvalue weighted by atomic mass is 32.2. The molecule has 1 N–H and O–H groups in total. The lowest BCUT2D eigenvalue weighted by molar-refractivity contribution is -0.127. The number of nitrogens with zero attached hydrogens (tertiary/aromatic N) is 1. The van der Waals surface area contributed by atoms with Crippen molar-refractivity contribution in [1.82, 2.24) is 10.2 Å². The van der Waals surface area contributed by atoms with Crippen LogP contribution in [0.2, 0.25) is 0 Å². The molecule has 148 valence electrons. The first-order chi connectivity index (χ1) is 13.7. The molecule has 2 aromatic rings. The van der Waals surface area contributed by atoms with Gasteiger partial charge in [-0.15, -0.1) is 23.5 Å². The van der Waals surface area contributed by atoms with Crippen LogP contribution in [0.3, 0.4) is 0 Å². The van der Waals surface area contributed by atoms with Crippen molar-refractivity contribution in [2.75, 3.05) is 31.1 Å². The van der Waals surface area contributed by atoms with Crippen LogP contribution >= 0.6 is 23.5 Å². The Balaban J connectivity index is 1.43. The summed E-state index contributed by atoms with van der Waals surface area (Å²) < 4.78 is 0. The number of carbonyl (C=O) groups is 2. The Morgan fingerprint density at radius 1 is 0.929 bits per heavy atom. The molecule has 0 atom stereocenters. The molecule has 0 bridgehead atoms. The van der Waals surface area contributed by atoms with Gasteiger partial charge in [0.25, 0.3) is 5.91 Å². The summed E-state index contributed by atoms with van der Waals surface area (Å²) in [6.45, 7) is 2.37. The van der Waals surface area contributed by atoms with E-state index >= 15 is 0 Å². The van der Waals surface area contributed by atoms with Gasteiger partial charge in [-0.05, 0) is 49.3 Å². The topological polar surface area (TPSA) is 49.4 Å². The van der Waals surface area contributed by atoms with Gasteiger partial charge >= 0.3 is 0 Å². The fourth-order valence-electron chi connectivity index (χ4n) is 3.05. The molecule has 1 heterocycles. The SMILES string of the molecule is O=C(NCCCSc1ccccc1)c1ccccc1SCC(=O)N1CCCC1. The van der Waals surface area contributed by atoms with Crippen LogP contribution in [-0.4, -0.2) is 47.9 Å².